The maximum Gasteiger partial charge on any atom is 0.259 e. The van der Waals surface area contributed by atoms with Crippen molar-refractivity contribution in [1.29, 1.82) is 0 Å². The SMILES string of the molecule is CCCCC(CCC)(CCBr)CCCCCc1cccc2c1C(=O)NC2=O. The molecular weight excluding hydrogens is 402 g/mol. The minimum Gasteiger partial charge on any atom is -0.288 e. The lowest BCUT2D eigenvalue weighted by molar-refractivity contribution is 0.0879. The summed E-state index contributed by atoms with van der Waals surface area (Å²) in [5, 5.41) is 3.50. The topological polar surface area (TPSA) is 46.2 Å². The van der Waals surface area contributed by atoms with Gasteiger partial charge in [0.05, 0.1) is 11.1 Å². The molecule has 0 spiro atoms. The number of hydrogen-bond acceptors (Lipinski definition) is 2. The van der Waals surface area contributed by atoms with Gasteiger partial charge in [-0.1, -0.05) is 74.0 Å². The van der Waals surface area contributed by atoms with Gasteiger partial charge in [0.25, 0.3) is 11.8 Å². The van der Waals surface area contributed by atoms with Gasteiger partial charge in [0.15, 0.2) is 0 Å². The average Bonchev–Trinajstić information content (AvgIpc) is 2.95. The quantitative estimate of drug-likeness (QED) is 0.220. The molecule has 1 N–H and O–H groups in total. The molecule has 0 aliphatic carbocycles. The van der Waals surface area contributed by atoms with Gasteiger partial charge in [0.1, 0.15) is 0 Å². The van der Waals surface area contributed by atoms with Crippen molar-refractivity contribution >= 4 is 27.7 Å². The molecule has 0 saturated heterocycles. The van der Waals surface area contributed by atoms with Crippen molar-refractivity contribution in [3.05, 3.63) is 34.9 Å². The molecule has 2 amide bonds. The predicted octanol–water partition coefficient (Wildman–Crippen LogP) is 6.43. The molecule has 1 heterocycles. The second-order valence-electron chi connectivity index (χ2n) is 7.98. The highest BCUT2D eigenvalue weighted by molar-refractivity contribution is 9.09. The van der Waals surface area contributed by atoms with Gasteiger partial charge in [0.2, 0.25) is 0 Å². The number of carbonyl (C=O) groups excluding carboxylic acids is 2. The van der Waals surface area contributed by atoms with E-state index in [0.29, 0.717) is 16.5 Å². The van der Waals surface area contributed by atoms with Crippen molar-refractivity contribution in [2.75, 3.05) is 5.33 Å². The van der Waals surface area contributed by atoms with Crippen molar-refractivity contribution in [2.24, 2.45) is 5.41 Å². The van der Waals surface area contributed by atoms with Gasteiger partial charge in [-0.3, -0.25) is 14.9 Å². The molecule has 3 nitrogen and oxygen atoms in total. The number of fused-ring (bicyclic) bond motifs is 1. The lowest BCUT2D eigenvalue weighted by atomic mass is 9.73. The molecule has 0 aromatic heterocycles. The predicted molar refractivity (Wildman–Crippen MR) is 116 cm³/mol. The second-order valence-corrected chi connectivity index (χ2v) is 8.77. The number of benzene rings is 1. The highest BCUT2D eigenvalue weighted by atomic mass is 79.9. The van der Waals surface area contributed by atoms with Crippen LogP contribution in [-0.4, -0.2) is 17.1 Å². The molecule has 0 bridgehead atoms. The number of halogens is 1. The van der Waals surface area contributed by atoms with Crippen molar-refractivity contribution in [3.8, 4) is 0 Å². The van der Waals surface area contributed by atoms with Crippen LogP contribution in [0.1, 0.15) is 104 Å². The van der Waals surface area contributed by atoms with Crippen molar-refractivity contribution in [2.45, 2.75) is 84.5 Å². The second kappa shape index (κ2) is 11.0. The highest BCUT2D eigenvalue weighted by Crippen LogP contribution is 2.40. The number of hydrogen-bond donors (Lipinski definition) is 1. The van der Waals surface area contributed by atoms with E-state index in [4.69, 9.17) is 0 Å². The fourth-order valence-electron chi connectivity index (χ4n) is 4.52. The Kier molecular flexibility index (Phi) is 9.01. The van der Waals surface area contributed by atoms with Crippen LogP contribution in [0.2, 0.25) is 0 Å². The van der Waals surface area contributed by atoms with Crippen molar-refractivity contribution < 1.29 is 9.59 Å². The summed E-state index contributed by atoms with van der Waals surface area (Å²) in [6.45, 7) is 4.58. The number of amides is 2. The Balaban J connectivity index is 1.87. The summed E-state index contributed by atoms with van der Waals surface area (Å²) in [6, 6.07) is 5.62. The standard InChI is InChI=1S/C23H34BrNO2/c1-3-5-14-23(13-4-2,16-17-24)15-8-6-7-10-18-11-9-12-19-20(18)22(27)25-21(19)26/h9,11-12H,3-8,10,13-17H2,1-2H3,(H,25,26,27). The van der Waals surface area contributed by atoms with Crippen LogP contribution in [0.5, 0.6) is 0 Å². The fraction of sp³-hybridized carbons (Fsp3) is 0.652. The largest absolute Gasteiger partial charge is 0.288 e. The molecule has 2 rings (SSSR count). The zero-order valence-corrected chi connectivity index (χ0v) is 18.5. The van der Waals surface area contributed by atoms with Crippen LogP contribution in [0.15, 0.2) is 18.2 Å². The Hall–Kier alpha value is -1.16. The Morgan fingerprint density at radius 3 is 2.37 bits per heavy atom. The summed E-state index contributed by atoms with van der Waals surface area (Å²) in [6.07, 6.45) is 13.5. The molecule has 1 unspecified atom stereocenters. The van der Waals surface area contributed by atoms with Gasteiger partial charge in [0, 0.05) is 5.33 Å². The van der Waals surface area contributed by atoms with Crippen LogP contribution in [0.3, 0.4) is 0 Å². The zero-order chi connectivity index (χ0) is 19.7. The maximum atomic E-state index is 12.0. The molecule has 1 atom stereocenters. The van der Waals surface area contributed by atoms with E-state index in [-0.39, 0.29) is 11.8 Å². The Bertz CT molecular complexity index is 635. The number of unbranched alkanes of at least 4 members (excludes halogenated alkanes) is 3. The number of nitrogens with one attached hydrogen (secondary N) is 1. The number of imide groups is 1. The minimum absolute atomic E-state index is 0.232. The first kappa shape index (κ1) is 22.1. The van der Waals surface area contributed by atoms with Gasteiger partial charge in [-0.15, -0.1) is 0 Å². The lowest BCUT2D eigenvalue weighted by Crippen LogP contribution is -2.21. The first-order valence-corrected chi connectivity index (χ1v) is 11.7. The fourth-order valence-corrected chi connectivity index (χ4v) is 5.36. The van der Waals surface area contributed by atoms with E-state index in [2.05, 4.69) is 35.1 Å². The Labute approximate surface area is 172 Å². The maximum absolute atomic E-state index is 12.0. The molecule has 0 saturated carbocycles. The summed E-state index contributed by atoms with van der Waals surface area (Å²) in [4.78, 5) is 23.8. The molecule has 1 aromatic rings. The van der Waals surface area contributed by atoms with Crippen LogP contribution in [-0.2, 0) is 6.42 Å². The monoisotopic (exact) mass is 435 g/mol. The van der Waals surface area contributed by atoms with Crippen molar-refractivity contribution in [1.82, 2.24) is 5.32 Å². The molecule has 4 heteroatoms. The van der Waals surface area contributed by atoms with Crippen LogP contribution < -0.4 is 5.32 Å². The first-order valence-electron chi connectivity index (χ1n) is 10.6. The number of aryl methyl sites for hydroxylation is 1. The molecule has 0 radical (unpaired) electrons. The van der Waals surface area contributed by atoms with Crippen LogP contribution in [0.4, 0.5) is 0 Å². The Morgan fingerprint density at radius 2 is 1.67 bits per heavy atom. The number of rotatable bonds is 13. The zero-order valence-electron chi connectivity index (χ0n) is 16.9. The smallest absolute Gasteiger partial charge is 0.259 e. The molecule has 1 aliphatic rings. The van der Waals surface area contributed by atoms with Gasteiger partial charge in [-0.2, -0.15) is 0 Å². The van der Waals surface area contributed by atoms with Crippen LogP contribution in [0.25, 0.3) is 0 Å². The normalized spacial score (nSPS) is 15.5. The summed E-state index contributed by atoms with van der Waals surface area (Å²) in [5.41, 5.74) is 2.65. The van der Waals surface area contributed by atoms with E-state index in [1.165, 1.54) is 57.8 Å². The molecule has 150 valence electrons. The first-order chi connectivity index (χ1) is 13.1. The van der Waals surface area contributed by atoms with Crippen LogP contribution in [0, 0.1) is 5.41 Å². The van der Waals surface area contributed by atoms with E-state index in [1.807, 2.05) is 12.1 Å². The van der Waals surface area contributed by atoms with E-state index < -0.39 is 0 Å². The molecule has 1 aliphatic heterocycles. The molecule has 0 fully saturated rings. The van der Waals surface area contributed by atoms with Gasteiger partial charge < -0.3 is 0 Å². The number of carbonyl (C=O) groups is 2. The third kappa shape index (κ3) is 5.91. The third-order valence-corrected chi connectivity index (χ3v) is 6.37. The van der Waals surface area contributed by atoms with Gasteiger partial charge in [-0.25, -0.2) is 0 Å². The van der Waals surface area contributed by atoms with Crippen molar-refractivity contribution in [3.63, 3.8) is 0 Å². The molecule has 1 aromatic carbocycles. The highest BCUT2D eigenvalue weighted by Gasteiger charge is 2.29. The number of alkyl halides is 1. The van der Waals surface area contributed by atoms with Gasteiger partial charge in [-0.05, 0) is 55.6 Å². The van der Waals surface area contributed by atoms with E-state index in [9.17, 15) is 9.59 Å². The molecule has 27 heavy (non-hydrogen) atoms. The summed E-state index contributed by atoms with van der Waals surface area (Å²) >= 11 is 3.67. The van der Waals surface area contributed by atoms with E-state index in [1.54, 1.807) is 6.07 Å². The van der Waals surface area contributed by atoms with E-state index in [0.717, 1.165) is 23.7 Å². The summed E-state index contributed by atoms with van der Waals surface area (Å²) in [7, 11) is 0. The van der Waals surface area contributed by atoms with E-state index >= 15 is 0 Å². The average molecular weight is 436 g/mol. The Morgan fingerprint density at radius 1 is 0.889 bits per heavy atom. The summed E-state index contributed by atoms with van der Waals surface area (Å²) in [5.74, 6) is -0.489. The van der Waals surface area contributed by atoms with Gasteiger partial charge >= 0.3 is 0 Å². The van der Waals surface area contributed by atoms with Crippen LogP contribution >= 0.6 is 15.9 Å². The minimum atomic E-state index is -0.258. The molecular formula is C23H34BrNO2. The third-order valence-electron chi connectivity index (χ3n) is 5.97. The lowest BCUT2D eigenvalue weighted by Gasteiger charge is -2.34. The summed E-state index contributed by atoms with van der Waals surface area (Å²) < 4.78 is 0.